The summed E-state index contributed by atoms with van der Waals surface area (Å²) in [5, 5.41) is 0. The molecule has 30 heavy (non-hydrogen) atoms. The van der Waals surface area contributed by atoms with Crippen molar-refractivity contribution >= 4 is 5.91 Å². The Morgan fingerprint density at radius 2 is 1.13 bits per heavy atom. The number of piperazine rings is 1. The Morgan fingerprint density at radius 1 is 0.700 bits per heavy atom. The van der Waals surface area contributed by atoms with E-state index in [1.54, 1.807) is 0 Å². The molecule has 1 heterocycles. The van der Waals surface area contributed by atoms with Crippen LogP contribution >= 0.6 is 0 Å². The molecular formula is C27H30N2O. The molecule has 0 bridgehead atoms. The molecule has 0 saturated carbocycles. The summed E-state index contributed by atoms with van der Waals surface area (Å²) < 4.78 is 0. The molecule has 3 aromatic carbocycles. The summed E-state index contributed by atoms with van der Waals surface area (Å²) in [5.41, 5.74) is 3.74. The zero-order chi connectivity index (χ0) is 20.8. The molecule has 1 aliphatic rings. The van der Waals surface area contributed by atoms with Gasteiger partial charge in [0.15, 0.2) is 0 Å². The predicted octanol–water partition coefficient (Wildman–Crippen LogP) is 5.11. The van der Waals surface area contributed by atoms with Crippen LogP contribution in [0.1, 0.15) is 42.0 Å². The first-order valence-corrected chi connectivity index (χ1v) is 10.9. The van der Waals surface area contributed by atoms with Crippen molar-refractivity contribution in [3.05, 3.63) is 108 Å². The Labute approximate surface area is 180 Å². The van der Waals surface area contributed by atoms with Gasteiger partial charge in [0.1, 0.15) is 0 Å². The predicted molar refractivity (Wildman–Crippen MR) is 122 cm³/mol. The van der Waals surface area contributed by atoms with Crippen molar-refractivity contribution in [2.45, 2.75) is 25.3 Å². The van der Waals surface area contributed by atoms with Gasteiger partial charge in [-0.15, -0.1) is 0 Å². The van der Waals surface area contributed by atoms with Crippen molar-refractivity contribution in [3.63, 3.8) is 0 Å². The van der Waals surface area contributed by atoms with Gasteiger partial charge in [-0.3, -0.25) is 9.69 Å². The lowest BCUT2D eigenvalue weighted by Gasteiger charge is -2.38. The summed E-state index contributed by atoms with van der Waals surface area (Å²) in [5.74, 6) is 0.348. The fraction of sp³-hybridized carbons (Fsp3) is 0.296. The van der Waals surface area contributed by atoms with E-state index < -0.39 is 0 Å². The number of hydrogen-bond acceptors (Lipinski definition) is 2. The van der Waals surface area contributed by atoms with E-state index in [1.807, 2.05) is 17.0 Å². The minimum Gasteiger partial charge on any atom is -0.340 e. The molecule has 154 valence electrons. The lowest BCUT2D eigenvalue weighted by molar-refractivity contribution is -0.133. The summed E-state index contributed by atoms with van der Waals surface area (Å²) in [7, 11) is 0. The Balaban J connectivity index is 1.41. The Morgan fingerprint density at radius 3 is 1.60 bits per heavy atom. The number of benzene rings is 3. The summed E-state index contributed by atoms with van der Waals surface area (Å²) in [4.78, 5) is 17.7. The second-order valence-electron chi connectivity index (χ2n) is 8.08. The van der Waals surface area contributed by atoms with E-state index in [0.717, 1.165) is 26.2 Å². The van der Waals surface area contributed by atoms with E-state index in [9.17, 15) is 4.79 Å². The fourth-order valence-corrected chi connectivity index (χ4v) is 4.40. The normalized spacial score (nSPS) is 15.9. The summed E-state index contributed by atoms with van der Waals surface area (Å²) >= 11 is 0. The van der Waals surface area contributed by atoms with Crippen molar-refractivity contribution in [2.24, 2.45) is 0 Å². The van der Waals surface area contributed by atoms with E-state index in [-0.39, 0.29) is 11.8 Å². The van der Waals surface area contributed by atoms with E-state index in [2.05, 4.69) is 90.7 Å². The zero-order valence-corrected chi connectivity index (χ0v) is 17.7. The fourth-order valence-electron chi connectivity index (χ4n) is 4.40. The van der Waals surface area contributed by atoms with Crippen LogP contribution in [0.5, 0.6) is 0 Å². The average Bonchev–Trinajstić information content (AvgIpc) is 2.83. The highest BCUT2D eigenvalue weighted by molar-refractivity contribution is 5.78. The molecule has 0 aliphatic carbocycles. The van der Waals surface area contributed by atoms with Crippen LogP contribution in [0.3, 0.4) is 0 Å². The third-order valence-electron chi connectivity index (χ3n) is 6.28. The van der Waals surface area contributed by atoms with Crippen LogP contribution in [-0.2, 0) is 4.79 Å². The Kier molecular flexibility index (Phi) is 6.60. The number of rotatable bonds is 6. The first kappa shape index (κ1) is 20.4. The van der Waals surface area contributed by atoms with Crippen molar-refractivity contribution in [3.8, 4) is 0 Å². The van der Waals surface area contributed by atoms with Crippen molar-refractivity contribution in [1.29, 1.82) is 0 Å². The molecule has 3 heteroatoms. The van der Waals surface area contributed by atoms with Crippen molar-refractivity contribution < 1.29 is 4.79 Å². The molecule has 1 aliphatic heterocycles. The molecule has 1 saturated heterocycles. The van der Waals surface area contributed by atoms with Gasteiger partial charge >= 0.3 is 0 Å². The second kappa shape index (κ2) is 9.73. The van der Waals surface area contributed by atoms with Gasteiger partial charge < -0.3 is 4.90 Å². The van der Waals surface area contributed by atoms with Crippen molar-refractivity contribution in [2.75, 3.05) is 26.2 Å². The third kappa shape index (κ3) is 4.80. The molecule has 1 amide bonds. The number of carbonyl (C=O) groups excluding carboxylic acids is 1. The minimum atomic E-state index is 0.0983. The first-order chi connectivity index (χ1) is 14.7. The number of carbonyl (C=O) groups is 1. The maximum absolute atomic E-state index is 13.2. The van der Waals surface area contributed by atoms with Gasteiger partial charge in [-0.05, 0) is 23.6 Å². The highest BCUT2D eigenvalue weighted by Gasteiger charge is 2.27. The highest BCUT2D eigenvalue weighted by Crippen LogP contribution is 2.29. The molecule has 1 fully saturated rings. The lowest BCUT2D eigenvalue weighted by atomic mass is 9.88. The molecule has 0 spiro atoms. The number of nitrogens with zero attached hydrogens (tertiary/aromatic N) is 2. The SMILES string of the molecule is CC(c1ccccc1)N1CCN(C(=O)CC(c2ccccc2)c2ccccc2)CC1. The summed E-state index contributed by atoms with van der Waals surface area (Å²) in [6, 6.07) is 31.8. The maximum Gasteiger partial charge on any atom is 0.223 e. The van der Waals surface area contributed by atoms with Crippen LogP contribution < -0.4 is 0 Å². The van der Waals surface area contributed by atoms with E-state index >= 15 is 0 Å². The number of amides is 1. The van der Waals surface area contributed by atoms with Gasteiger partial charge in [-0.2, -0.15) is 0 Å². The second-order valence-corrected chi connectivity index (χ2v) is 8.08. The molecule has 3 nitrogen and oxygen atoms in total. The smallest absolute Gasteiger partial charge is 0.223 e. The molecule has 1 atom stereocenters. The highest BCUT2D eigenvalue weighted by atomic mass is 16.2. The summed E-state index contributed by atoms with van der Waals surface area (Å²) in [6.07, 6.45) is 0.516. The van der Waals surface area contributed by atoms with E-state index in [1.165, 1.54) is 16.7 Å². The van der Waals surface area contributed by atoms with Crippen LogP contribution in [0.15, 0.2) is 91.0 Å². The molecule has 3 aromatic rings. The maximum atomic E-state index is 13.2. The van der Waals surface area contributed by atoms with Gasteiger partial charge in [0.25, 0.3) is 0 Å². The van der Waals surface area contributed by atoms with Crippen LogP contribution in [0.25, 0.3) is 0 Å². The number of hydrogen-bond donors (Lipinski definition) is 0. The van der Waals surface area contributed by atoms with Crippen LogP contribution in [0.4, 0.5) is 0 Å². The lowest BCUT2D eigenvalue weighted by Crippen LogP contribution is -2.49. The zero-order valence-electron chi connectivity index (χ0n) is 17.7. The van der Waals surface area contributed by atoms with E-state index in [0.29, 0.717) is 12.5 Å². The van der Waals surface area contributed by atoms with Crippen LogP contribution in [-0.4, -0.2) is 41.9 Å². The average molecular weight is 399 g/mol. The third-order valence-corrected chi connectivity index (χ3v) is 6.28. The first-order valence-electron chi connectivity index (χ1n) is 10.9. The topological polar surface area (TPSA) is 23.6 Å². The largest absolute Gasteiger partial charge is 0.340 e. The van der Waals surface area contributed by atoms with Crippen LogP contribution in [0, 0.1) is 0 Å². The molecular weight excluding hydrogens is 368 g/mol. The molecule has 1 unspecified atom stereocenters. The van der Waals surface area contributed by atoms with Gasteiger partial charge in [0.05, 0.1) is 0 Å². The molecule has 4 rings (SSSR count). The van der Waals surface area contributed by atoms with Gasteiger partial charge in [-0.25, -0.2) is 0 Å². The minimum absolute atomic E-state index is 0.0983. The van der Waals surface area contributed by atoms with Crippen LogP contribution in [0.2, 0.25) is 0 Å². The molecule has 0 radical (unpaired) electrons. The van der Waals surface area contributed by atoms with Gasteiger partial charge in [-0.1, -0.05) is 91.0 Å². The molecule has 0 N–H and O–H groups in total. The summed E-state index contributed by atoms with van der Waals surface area (Å²) in [6.45, 7) is 5.69. The Hall–Kier alpha value is -2.91. The Bertz CT molecular complexity index is 879. The quantitative estimate of drug-likeness (QED) is 0.576. The van der Waals surface area contributed by atoms with Gasteiger partial charge in [0.2, 0.25) is 5.91 Å². The standard InChI is InChI=1S/C27H30N2O/c1-22(23-11-5-2-6-12-23)28-17-19-29(20-18-28)27(30)21-26(24-13-7-3-8-14-24)25-15-9-4-10-16-25/h2-16,22,26H,17-21H2,1H3. The monoisotopic (exact) mass is 398 g/mol. The molecule has 0 aromatic heterocycles. The van der Waals surface area contributed by atoms with Gasteiger partial charge in [0, 0.05) is 44.6 Å². The van der Waals surface area contributed by atoms with Crippen molar-refractivity contribution in [1.82, 2.24) is 9.80 Å². The van der Waals surface area contributed by atoms with E-state index in [4.69, 9.17) is 0 Å².